The van der Waals surface area contributed by atoms with Gasteiger partial charge in [-0.25, -0.2) is 9.37 Å². The molecule has 1 spiro atoms. The lowest BCUT2D eigenvalue weighted by atomic mass is 9.92. The van der Waals surface area contributed by atoms with Crippen LogP contribution in [-0.2, 0) is 13.1 Å². The zero-order valence-electron chi connectivity index (χ0n) is 14.1. The van der Waals surface area contributed by atoms with Gasteiger partial charge in [-0.05, 0) is 62.5 Å². The number of piperidine rings is 1. The van der Waals surface area contributed by atoms with E-state index in [0.717, 1.165) is 32.2 Å². The van der Waals surface area contributed by atoms with E-state index in [1.165, 1.54) is 29.8 Å². The maximum atomic E-state index is 13.0. The number of aromatic nitrogens is 1. The van der Waals surface area contributed by atoms with Crippen LogP contribution in [0.2, 0.25) is 0 Å². The number of rotatable bonds is 5. The minimum atomic E-state index is -0.152. The summed E-state index contributed by atoms with van der Waals surface area (Å²) in [7, 11) is 2.24. The Kier molecular flexibility index (Phi) is 4.41. The fourth-order valence-electron chi connectivity index (χ4n) is 4.15. The first-order chi connectivity index (χ1) is 11.6. The minimum absolute atomic E-state index is 0.152. The van der Waals surface area contributed by atoms with Gasteiger partial charge < -0.3 is 0 Å². The maximum absolute atomic E-state index is 13.0. The van der Waals surface area contributed by atoms with Crippen LogP contribution in [0.4, 0.5) is 4.39 Å². The number of benzene rings is 1. The molecule has 5 heteroatoms. The predicted molar refractivity (Wildman–Crippen MR) is 95.3 cm³/mol. The molecule has 1 saturated carbocycles. The third kappa shape index (κ3) is 3.39. The van der Waals surface area contributed by atoms with Crippen molar-refractivity contribution in [2.75, 3.05) is 20.1 Å². The van der Waals surface area contributed by atoms with Crippen LogP contribution < -0.4 is 0 Å². The Morgan fingerprint density at radius 3 is 2.71 bits per heavy atom. The molecule has 0 N–H and O–H groups in total. The molecule has 1 saturated heterocycles. The zero-order valence-corrected chi connectivity index (χ0v) is 14.9. The van der Waals surface area contributed by atoms with Crippen LogP contribution in [-0.4, -0.2) is 41.0 Å². The van der Waals surface area contributed by atoms with Gasteiger partial charge in [0.25, 0.3) is 0 Å². The summed E-state index contributed by atoms with van der Waals surface area (Å²) < 4.78 is 13.0. The highest BCUT2D eigenvalue weighted by atomic mass is 32.1. The lowest BCUT2D eigenvalue weighted by Gasteiger charge is -2.34. The van der Waals surface area contributed by atoms with Crippen LogP contribution in [0, 0.1) is 11.2 Å². The van der Waals surface area contributed by atoms with Crippen molar-refractivity contribution >= 4 is 11.3 Å². The van der Waals surface area contributed by atoms with Gasteiger partial charge in [-0.1, -0.05) is 12.1 Å². The molecule has 128 valence electrons. The SMILES string of the molecule is CN(Cc1nccs1)C1CC12CCN(Cc1ccc(F)cc1)CC2. The predicted octanol–water partition coefficient (Wildman–Crippen LogP) is 3.77. The second-order valence-electron chi connectivity index (χ2n) is 7.33. The van der Waals surface area contributed by atoms with E-state index in [4.69, 9.17) is 0 Å². The van der Waals surface area contributed by atoms with Gasteiger partial charge in [-0.2, -0.15) is 0 Å². The summed E-state index contributed by atoms with van der Waals surface area (Å²) in [6, 6.07) is 7.65. The van der Waals surface area contributed by atoms with E-state index < -0.39 is 0 Å². The fourth-order valence-corrected chi connectivity index (χ4v) is 4.82. The maximum Gasteiger partial charge on any atom is 0.123 e. The normalized spacial score (nSPS) is 23.0. The van der Waals surface area contributed by atoms with Gasteiger partial charge in [0.1, 0.15) is 10.8 Å². The lowest BCUT2D eigenvalue weighted by molar-refractivity contribution is 0.139. The lowest BCUT2D eigenvalue weighted by Crippen LogP contribution is -2.37. The van der Waals surface area contributed by atoms with E-state index in [9.17, 15) is 4.39 Å². The monoisotopic (exact) mass is 345 g/mol. The molecule has 0 amide bonds. The number of halogens is 1. The summed E-state index contributed by atoms with van der Waals surface area (Å²) in [6.45, 7) is 4.22. The van der Waals surface area contributed by atoms with Gasteiger partial charge >= 0.3 is 0 Å². The molecule has 1 unspecified atom stereocenters. The number of likely N-dealkylation sites (tertiary alicyclic amines) is 1. The molecule has 1 atom stereocenters. The molecule has 2 fully saturated rings. The standard InChI is InChI=1S/C19H24FN3S/c1-22(14-18-21-8-11-24-18)17-12-19(17)6-9-23(10-7-19)13-15-2-4-16(20)5-3-15/h2-5,8,11,17H,6-7,9-10,12-14H2,1H3. The van der Waals surface area contributed by atoms with Crippen molar-refractivity contribution in [3.05, 3.63) is 52.2 Å². The van der Waals surface area contributed by atoms with Crippen LogP contribution >= 0.6 is 11.3 Å². The molecule has 24 heavy (non-hydrogen) atoms. The molecule has 1 aromatic heterocycles. The van der Waals surface area contributed by atoms with E-state index >= 15 is 0 Å². The summed E-state index contributed by atoms with van der Waals surface area (Å²) in [6.07, 6.45) is 5.78. The van der Waals surface area contributed by atoms with Crippen molar-refractivity contribution in [2.24, 2.45) is 5.41 Å². The number of nitrogens with zero attached hydrogens (tertiary/aromatic N) is 3. The second-order valence-corrected chi connectivity index (χ2v) is 8.30. The van der Waals surface area contributed by atoms with Crippen molar-refractivity contribution in [1.82, 2.24) is 14.8 Å². The first-order valence-corrected chi connectivity index (χ1v) is 9.58. The van der Waals surface area contributed by atoms with Crippen LogP contribution in [0.15, 0.2) is 35.8 Å². The topological polar surface area (TPSA) is 19.4 Å². The molecule has 3 nitrogen and oxygen atoms in total. The third-order valence-electron chi connectivity index (χ3n) is 5.72. The highest BCUT2D eigenvalue weighted by molar-refractivity contribution is 7.09. The summed E-state index contributed by atoms with van der Waals surface area (Å²) in [5, 5.41) is 3.27. The molecule has 0 bridgehead atoms. The van der Waals surface area contributed by atoms with Gasteiger partial charge in [0, 0.05) is 24.2 Å². The largest absolute Gasteiger partial charge is 0.299 e. The molecule has 1 aliphatic heterocycles. The smallest absolute Gasteiger partial charge is 0.123 e. The average Bonchev–Trinajstić information content (AvgIpc) is 3.03. The Hall–Kier alpha value is -1.30. The van der Waals surface area contributed by atoms with Crippen molar-refractivity contribution in [2.45, 2.75) is 38.4 Å². The molecule has 1 aliphatic carbocycles. The van der Waals surface area contributed by atoms with Crippen molar-refractivity contribution in [3.8, 4) is 0 Å². The first kappa shape index (κ1) is 16.2. The Bertz CT molecular complexity index is 662. The summed E-state index contributed by atoms with van der Waals surface area (Å²) >= 11 is 1.75. The third-order valence-corrected chi connectivity index (χ3v) is 6.48. The molecule has 2 aliphatic rings. The van der Waals surface area contributed by atoms with Crippen molar-refractivity contribution in [3.63, 3.8) is 0 Å². The summed E-state index contributed by atoms with van der Waals surface area (Å²) in [5.74, 6) is -0.152. The van der Waals surface area contributed by atoms with Crippen molar-refractivity contribution in [1.29, 1.82) is 0 Å². The van der Waals surface area contributed by atoms with Gasteiger partial charge in [0.2, 0.25) is 0 Å². The number of hydrogen-bond donors (Lipinski definition) is 0. The van der Waals surface area contributed by atoms with Gasteiger partial charge in [0.15, 0.2) is 0 Å². The van der Waals surface area contributed by atoms with Crippen LogP contribution in [0.1, 0.15) is 29.8 Å². The van der Waals surface area contributed by atoms with E-state index in [1.54, 1.807) is 23.5 Å². The number of thiazole rings is 1. The van der Waals surface area contributed by atoms with E-state index in [0.29, 0.717) is 5.41 Å². The van der Waals surface area contributed by atoms with Crippen LogP contribution in [0.3, 0.4) is 0 Å². The Labute approximate surface area is 147 Å². The second kappa shape index (κ2) is 6.54. The van der Waals surface area contributed by atoms with Crippen LogP contribution in [0.5, 0.6) is 0 Å². The Balaban J connectivity index is 1.28. The average molecular weight is 345 g/mol. The Morgan fingerprint density at radius 2 is 2.04 bits per heavy atom. The van der Waals surface area contributed by atoms with Gasteiger partial charge in [-0.15, -0.1) is 11.3 Å². The fraction of sp³-hybridized carbons (Fsp3) is 0.526. The Morgan fingerprint density at radius 1 is 1.29 bits per heavy atom. The highest BCUT2D eigenvalue weighted by Crippen LogP contribution is 2.56. The zero-order chi connectivity index (χ0) is 16.6. The highest BCUT2D eigenvalue weighted by Gasteiger charge is 2.56. The minimum Gasteiger partial charge on any atom is -0.299 e. The van der Waals surface area contributed by atoms with Crippen molar-refractivity contribution < 1.29 is 4.39 Å². The molecule has 0 radical (unpaired) electrons. The molecule has 2 aromatic rings. The van der Waals surface area contributed by atoms with Gasteiger partial charge in [0.05, 0.1) is 6.54 Å². The van der Waals surface area contributed by atoms with E-state index in [1.807, 2.05) is 18.3 Å². The number of hydrogen-bond acceptors (Lipinski definition) is 4. The molecular weight excluding hydrogens is 321 g/mol. The van der Waals surface area contributed by atoms with E-state index in [2.05, 4.69) is 27.2 Å². The van der Waals surface area contributed by atoms with Gasteiger partial charge in [-0.3, -0.25) is 9.80 Å². The summed E-state index contributed by atoms with van der Waals surface area (Å²) in [4.78, 5) is 9.41. The first-order valence-electron chi connectivity index (χ1n) is 8.70. The quantitative estimate of drug-likeness (QED) is 0.822. The van der Waals surface area contributed by atoms with Crippen LogP contribution in [0.25, 0.3) is 0 Å². The molecule has 4 rings (SSSR count). The summed E-state index contributed by atoms with van der Waals surface area (Å²) in [5.41, 5.74) is 1.74. The van der Waals surface area contributed by atoms with E-state index in [-0.39, 0.29) is 5.82 Å². The molecular formula is C19H24FN3S. The molecule has 1 aromatic carbocycles. The molecule has 2 heterocycles.